The largest absolute Gasteiger partial charge is 0.491 e. The lowest BCUT2D eigenvalue weighted by Crippen LogP contribution is -2.31. The lowest BCUT2D eigenvalue weighted by atomic mass is 10.1. The van der Waals surface area contributed by atoms with Crippen LogP contribution in [0.4, 0.5) is 0 Å². The Morgan fingerprint density at radius 3 is 2.50 bits per heavy atom. The molecule has 1 N–H and O–H groups in total. The van der Waals surface area contributed by atoms with E-state index < -0.39 is 5.97 Å². The van der Waals surface area contributed by atoms with Gasteiger partial charge in [0.15, 0.2) is 6.61 Å². The number of carbonyl (C=O) groups is 2. The van der Waals surface area contributed by atoms with Crippen LogP contribution in [0.15, 0.2) is 48.5 Å². The Balaban J connectivity index is 1.41. The number of hydrogen-bond acceptors (Lipinski definition) is 5. The minimum Gasteiger partial charge on any atom is -0.491 e. The molecule has 2 aromatic carbocycles. The van der Waals surface area contributed by atoms with Crippen LogP contribution in [0.1, 0.15) is 54.2 Å². The van der Waals surface area contributed by atoms with Gasteiger partial charge in [0.05, 0.1) is 17.7 Å². The average Bonchev–Trinajstić information content (AvgIpc) is 3.30. The number of carbonyl (C=O) groups excluding carboxylic acids is 2. The minimum atomic E-state index is -0.546. The van der Waals surface area contributed by atoms with Gasteiger partial charge in [-0.05, 0) is 61.6 Å². The summed E-state index contributed by atoms with van der Waals surface area (Å²) in [7, 11) is 0. The van der Waals surface area contributed by atoms with Gasteiger partial charge in [0.25, 0.3) is 5.91 Å². The summed E-state index contributed by atoms with van der Waals surface area (Å²) in [5.74, 6) is -0.217. The molecule has 1 fully saturated rings. The molecule has 160 valence electrons. The molecule has 1 aliphatic rings. The Morgan fingerprint density at radius 1 is 1.13 bits per heavy atom. The van der Waals surface area contributed by atoms with Crippen LogP contribution in [-0.4, -0.2) is 37.8 Å². The first-order chi connectivity index (χ1) is 14.5. The van der Waals surface area contributed by atoms with E-state index in [1.807, 2.05) is 31.2 Å². The van der Waals surface area contributed by atoms with Crippen LogP contribution in [0, 0.1) is 0 Å². The van der Waals surface area contributed by atoms with Crippen molar-refractivity contribution >= 4 is 11.9 Å². The maximum Gasteiger partial charge on any atom is 0.338 e. The highest BCUT2D eigenvalue weighted by atomic mass is 16.5. The molecule has 6 heteroatoms. The molecule has 0 aromatic heterocycles. The van der Waals surface area contributed by atoms with Crippen LogP contribution in [0.3, 0.4) is 0 Å². The van der Waals surface area contributed by atoms with E-state index in [2.05, 4.69) is 12.2 Å². The summed E-state index contributed by atoms with van der Waals surface area (Å²) >= 11 is 0. The fourth-order valence-electron chi connectivity index (χ4n) is 3.28. The van der Waals surface area contributed by atoms with Crippen LogP contribution in [0.2, 0.25) is 0 Å². The molecular weight excluding hydrogens is 382 g/mol. The highest BCUT2D eigenvalue weighted by molar-refractivity contribution is 5.91. The predicted molar refractivity (Wildman–Crippen MR) is 114 cm³/mol. The van der Waals surface area contributed by atoms with E-state index in [1.165, 1.54) is 5.56 Å². The van der Waals surface area contributed by atoms with Gasteiger partial charge in [-0.25, -0.2) is 4.79 Å². The third-order valence-corrected chi connectivity index (χ3v) is 5.15. The van der Waals surface area contributed by atoms with Crippen molar-refractivity contribution in [3.8, 4) is 5.75 Å². The monoisotopic (exact) mass is 411 g/mol. The molecule has 0 aliphatic carbocycles. The second-order valence-corrected chi connectivity index (χ2v) is 7.43. The first kappa shape index (κ1) is 21.8. The smallest absolute Gasteiger partial charge is 0.338 e. The Hall–Kier alpha value is -2.86. The van der Waals surface area contributed by atoms with Gasteiger partial charge >= 0.3 is 5.97 Å². The Kier molecular flexibility index (Phi) is 7.85. The molecule has 30 heavy (non-hydrogen) atoms. The molecule has 0 unspecified atom stereocenters. The molecule has 2 aromatic rings. The van der Waals surface area contributed by atoms with Crippen LogP contribution >= 0.6 is 0 Å². The van der Waals surface area contributed by atoms with Crippen molar-refractivity contribution in [2.75, 3.05) is 19.8 Å². The van der Waals surface area contributed by atoms with Gasteiger partial charge < -0.3 is 19.5 Å². The Labute approximate surface area is 177 Å². The first-order valence-corrected chi connectivity index (χ1v) is 10.4. The first-order valence-electron chi connectivity index (χ1n) is 10.4. The second-order valence-electron chi connectivity index (χ2n) is 7.43. The number of rotatable bonds is 9. The van der Waals surface area contributed by atoms with Crippen molar-refractivity contribution < 1.29 is 23.8 Å². The SMILES string of the molecule is CCc1ccc([C@@H](C)NC(=O)COC(=O)c2ccc(OC[C@@H]3CCCO3)cc2)cc1. The fourth-order valence-corrected chi connectivity index (χ4v) is 3.28. The topological polar surface area (TPSA) is 73.9 Å². The van der Waals surface area contributed by atoms with Crippen molar-refractivity contribution in [3.05, 3.63) is 65.2 Å². The van der Waals surface area contributed by atoms with E-state index in [9.17, 15) is 9.59 Å². The number of nitrogens with one attached hydrogen (secondary N) is 1. The molecule has 1 aliphatic heterocycles. The zero-order chi connectivity index (χ0) is 21.3. The standard InChI is InChI=1S/C24H29NO5/c1-3-18-6-8-19(9-7-18)17(2)25-23(26)16-30-24(27)20-10-12-21(13-11-20)29-15-22-5-4-14-28-22/h6-13,17,22H,3-5,14-16H2,1-2H3,(H,25,26)/t17-,22+/m1/s1. The lowest BCUT2D eigenvalue weighted by Gasteiger charge is -2.15. The third-order valence-electron chi connectivity index (χ3n) is 5.15. The minimum absolute atomic E-state index is 0.139. The average molecular weight is 411 g/mol. The number of ether oxygens (including phenoxy) is 3. The number of hydrogen-bond donors (Lipinski definition) is 1. The van der Waals surface area contributed by atoms with Gasteiger partial charge in [-0.3, -0.25) is 4.79 Å². The quantitative estimate of drug-likeness (QED) is 0.635. The van der Waals surface area contributed by atoms with E-state index in [1.54, 1.807) is 24.3 Å². The van der Waals surface area contributed by atoms with Gasteiger partial charge in [-0.2, -0.15) is 0 Å². The van der Waals surface area contributed by atoms with Gasteiger partial charge in [-0.1, -0.05) is 31.2 Å². The maximum atomic E-state index is 12.2. The lowest BCUT2D eigenvalue weighted by molar-refractivity contribution is -0.124. The molecule has 3 rings (SSSR count). The van der Waals surface area contributed by atoms with E-state index in [0.717, 1.165) is 31.4 Å². The molecule has 0 bridgehead atoms. The zero-order valence-corrected chi connectivity index (χ0v) is 17.6. The van der Waals surface area contributed by atoms with Crippen molar-refractivity contribution in [2.45, 2.75) is 45.3 Å². The van der Waals surface area contributed by atoms with Crippen molar-refractivity contribution in [1.82, 2.24) is 5.32 Å². The number of esters is 1. The van der Waals surface area contributed by atoms with Crippen LogP contribution in [0.5, 0.6) is 5.75 Å². The fraction of sp³-hybridized carbons (Fsp3) is 0.417. The summed E-state index contributed by atoms with van der Waals surface area (Å²) in [5.41, 5.74) is 2.62. The summed E-state index contributed by atoms with van der Waals surface area (Å²) < 4.78 is 16.3. The molecule has 1 amide bonds. The molecule has 6 nitrogen and oxygen atoms in total. The summed E-state index contributed by atoms with van der Waals surface area (Å²) in [6.07, 6.45) is 3.19. The molecule has 1 heterocycles. The van der Waals surface area contributed by atoms with E-state index >= 15 is 0 Å². The van der Waals surface area contributed by atoms with Crippen LogP contribution in [0.25, 0.3) is 0 Å². The Morgan fingerprint density at radius 2 is 1.87 bits per heavy atom. The summed E-state index contributed by atoms with van der Waals surface area (Å²) in [6.45, 7) is 4.96. The maximum absolute atomic E-state index is 12.2. The molecular formula is C24H29NO5. The molecule has 1 saturated heterocycles. The zero-order valence-electron chi connectivity index (χ0n) is 17.6. The number of amides is 1. The van der Waals surface area contributed by atoms with Crippen molar-refractivity contribution in [1.29, 1.82) is 0 Å². The summed E-state index contributed by atoms with van der Waals surface area (Å²) in [6, 6.07) is 14.6. The highest BCUT2D eigenvalue weighted by Gasteiger charge is 2.16. The molecule has 0 saturated carbocycles. The summed E-state index contributed by atoms with van der Waals surface area (Å²) in [4.78, 5) is 24.3. The second kappa shape index (κ2) is 10.8. The van der Waals surface area contributed by atoms with Crippen LogP contribution < -0.4 is 10.1 Å². The number of aryl methyl sites for hydroxylation is 1. The summed E-state index contributed by atoms with van der Waals surface area (Å²) in [5, 5.41) is 2.85. The van der Waals surface area contributed by atoms with E-state index in [4.69, 9.17) is 14.2 Å². The molecule has 0 spiro atoms. The van der Waals surface area contributed by atoms with Crippen molar-refractivity contribution in [3.63, 3.8) is 0 Å². The predicted octanol–water partition coefficient (Wildman–Crippen LogP) is 3.84. The van der Waals surface area contributed by atoms with Crippen molar-refractivity contribution in [2.24, 2.45) is 0 Å². The van der Waals surface area contributed by atoms with Gasteiger partial charge in [0.2, 0.25) is 0 Å². The highest BCUT2D eigenvalue weighted by Crippen LogP contribution is 2.17. The molecule has 0 radical (unpaired) electrons. The van der Waals surface area contributed by atoms with Gasteiger partial charge in [-0.15, -0.1) is 0 Å². The molecule has 2 atom stereocenters. The van der Waals surface area contributed by atoms with Crippen LogP contribution in [-0.2, 0) is 20.7 Å². The van der Waals surface area contributed by atoms with Gasteiger partial charge in [0.1, 0.15) is 12.4 Å². The normalized spacial score (nSPS) is 16.7. The Bertz CT molecular complexity index is 826. The third kappa shape index (κ3) is 6.32. The van der Waals surface area contributed by atoms with E-state index in [0.29, 0.717) is 17.9 Å². The number of benzene rings is 2. The van der Waals surface area contributed by atoms with E-state index in [-0.39, 0.29) is 24.7 Å². The van der Waals surface area contributed by atoms with Gasteiger partial charge in [0, 0.05) is 6.61 Å².